The third kappa shape index (κ3) is 3.11. The lowest BCUT2D eigenvalue weighted by Gasteiger charge is -2.02. The van der Waals surface area contributed by atoms with Gasteiger partial charge in [-0.25, -0.2) is 4.68 Å². The minimum atomic E-state index is -0.00888. The van der Waals surface area contributed by atoms with Crippen molar-refractivity contribution < 1.29 is 4.79 Å². The van der Waals surface area contributed by atoms with Crippen molar-refractivity contribution in [1.29, 1.82) is 0 Å². The molecule has 0 unspecified atom stereocenters. The van der Waals surface area contributed by atoms with Crippen LogP contribution in [0.15, 0.2) is 0 Å². The van der Waals surface area contributed by atoms with Crippen molar-refractivity contribution >= 4 is 17.7 Å². The van der Waals surface area contributed by atoms with E-state index in [4.69, 9.17) is 0 Å². The average molecular weight is 240 g/mol. The van der Waals surface area contributed by atoms with E-state index < -0.39 is 0 Å². The van der Waals surface area contributed by atoms with Crippen LogP contribution in [-0.2, 0) is 5.75 Å². The van der Waals surface area contributed by atoms with Crippen LogP contribution < -0.4 is 0 Å². The van der Waals surface area contributed by atoms with E-state index >= 15 is 0 Å². The highest BCUT2D eigenvalue weighted by atomic mass is 32.2. The normalized spacial score (nSPS) is 10.8. The lowest BCUT2D eigenvalue weighted by atomic mass is 10.2. The highest BCUT2D eigenvalue weighted by Gasteiger charge is 2.13. The van der Waals surface area contributed by atoms with Crippen LogP contribution in [0.1, 0.15) is 48.4 Å². The van der Waals surface area contributed by atoms with Crippen LogP contribution in [0.5, 0.6) is 0 Å². The maximum atomic E-state index is 11.3. The molecule has 0 spiro atoms. The van der Waals surface area contributed by atoms with Gasteiger partial charge in [-0.3, -0.25) is 4.79 Å². The van der Waals surface area contributed by atoms with Crippen molar-refractivity contribution in [2.45, 2.75) is 46.3 Å². The molecule has 1 aromatic heterocycles. The lowest BCUT2D eigenvalue weighted by molar-refractivity contribution is 0.0918. The average Bonchev–Trinajstić information content (AvgIpc) is 2.51. The number of aryl methyl sites for hydroxylation is 1. The molecule has 0 aliphatic rings. The second kappa shape index (κ2) is 6.09. The summed E-state index contributed by atoms with van der Waals surface area (Å²) in [5.74, 6) is 2.14. The van der Waals surface area contributed by atoms with E-state index in [1.807, 2.05) is 25.6 Å². The van der Waals surface area contributed by atoms with E-state index in [1.165, 1.54) is 28.8 Å². The van der Waals surface area contributed by atoms with Gasteiger partial charge in [0.2, 0.25) is 5.91 Å². The number of carbonyl (C=O) groups is 1. The van der Waals surface area contributed by atoms with Crippen LogP contribution in [0, 0.1) is 13.8 Å². The Morgan fingerprint density at radius 2 is 2.12 bits per heavy atom. The molecular formula is C12H20N2OS. The maximum Gasteiger partial charge on any atom is 0.243 e. The zero-order valence-electron chi connectivity index (χ0n) is 10.5. The third-order valence-corrected chi connectivity index (χ3v) is 3.70. The minimum Gasteiger partial charge on any atom is -0.273 e. The first kappa shape index (κ1) is 13.3. The molecule has 0 aromatic carbocycles. The number of thioether (sulfide) groups is 1. The Balaban J connectivity index is 2.69. The van der Waals surface area contributed by atoms with Gasteiger partial charge < -0.3 is 0 Å². The Labute approximate surface area is 102 Å². The van der Waals surface area contributed by atoms with Gasteiger partial charge in [0.25, 0.3) is 0 Å². The van der Waals surface area contributed by atoms with Gasteiger partial charge in [0.15, 0.2) is 0 Å². The van der Waals surface area contributed by atoms with Crippen LogP contribution in [0.25, 0.3) is 0 Å². The summed E-state index contributed by atoms with van der Waals surface area (Å²) in [7, 11) is 0. The Kier molecular flexibility index (Phi) is 5.06. The van der Waals surface area contributed by atoms with Crippen LogP contribution >= 0.6 is 11.8 Å². The number of hydrogen-bond donors (Lipinski definition) is 0. The fourth-order valence-corrected chi connectivity index (χ4v) is 2.87. The third-order valence-electron chi connectivity index (χ3n) is 2.63. The van der Waals surface area contributed by atoms with Crippen molar-refractivity contribution in [3.05, 3.63) is 17.0 Å². The van der Waals surface area contributed by atoms with Crippen molar-refractivity contribution in [3.8, 4) is 0 Å². The molecule has 0 atom stereocenters. The highest BCUT2D eigenvalue weighted by molar-refractivity contribution is 7.98. The van der Waals surface area contributed by atoms with E-state index in [0.717, 1.165) is 17.1 Å². The fraction of sp³-hybridized carbons (Fsp3) is 0.667. The summed E-state index contributed by atoms with van der Waals surface area (Å²) in [6, 6.07) is 0. The molecule has 0 saturated heterocycles. The smallest absolute Gasteiger partial charge is 0.243 e. The largest absolute Gasteiger partial charge is 0.273 e. The van der Waals surface area contributed by atoms with E-state index in [-0.39, 0.29) is 5.91 Å². The quantitative estimate of drug-likeness (QED) is 0.741. The number of aromatic nitrogens is 2. The molecule has 1 aromatic rings. The number of carbonyl (C=O) groups excluding carboxylic acids is 1. The summed E-state index contributed by atoms with van der Waals surface area (Å²) in [6.07, 6.45) is 2.49. The first-order chi connectivity index (χ1) is 7.57. The zero-order valence-corrected chi connectivity index (χ0v) is 11.4. The summed E-state index contributed by atoms with van der Waals surface area (Å²) in [6.45, 7) is 7.69. The van der Waals surface area contributed by atoms with Crippen LogP contribution in [0.4, 0.5) is 0 Å². The summed E-state index contributed by atoms with van der Waals surface area (Å²) in [4.78, 5) is 11.3. The van der Waals surface area contributed by atoms with Gasteiger partial charge in [0.1, 0.15) is 0 Å². The van der Waals surface area contributed by atoms with Gasteiger partial charge in [-0.1, -0.05) is 13.3 Å². The molecule has 0 radical (unpaired) electrons. The molecule has 0 aliphatic carbocycles. The molecule has 1 rings (SSSR count). The van der Waals surface area contributed by atoms with Gasteiger partial charge in [0, 0.05) is 23.9 Å². The Bertz CT molecular complexity index is 371. The molecule has 0 saturated carbocycles. The first-order valence-electron chi connectivity index (χ1n) is 5.71. The first-order valence-corrected chi connectivity index (χ1v) is 6.87. The molecule has 16 heavy (non-hydrogen) atoms. The van der Waals surface area contributed by atoms with E-state index in [1.54, 1.807) is 6.92 Å². The maximum absolute atomic E-state index is 11.3. The number of nitrogens with zero attached hydrogens (tertiary/aromatic N) is 2. The predicted molar refractivity (Wildman–Crippen MR) is 69.1 cm³/mol. The van der Waals surface area contributed by atoms with Crippen molar-refractivity contribution in [1.82, 2.24) is 9.78 Å². The summed E-state index contributed by atoms with van der Waals surface area (Å²) in [5.41, 5.74) is 3.20. The van der Waals surface area contributed by atoms with Crippen molar-refractivity contribution in [2.75, 3.05) is 5.75 Å². The van der Waals surface area contributed by atoms with E-state index in [9.17, 15) is 4.79 Å². The fourth-order valence-electron chi connectivity index (χ4n) is 1.61. The Morgan fingerprint density at radius 1 is 1.44 bits per heavy atom. The van der Waals surface area contributed by atoms with E-state index in [2.05, 4.69) is 12.0 Å². The SMILES string of the molecule is CCCCSCc1c(C)nn(C(C)=O)c1C. The highest BCUT2D eigenvalue weighted by Crippen LogP contribution is 2.20. The second-order valence-corrected chi connectivity index (χ2v) is 5.09. The number of unbranched alkanes of at least 4 members (excludes halogenated alkanes) is 1. The van der Waals surface area contributed by atoms with Crippen LogP contribution in [-0.4, -0.2) is 21.4 Å². The molecular weight excluding hydrogens is 220 g/mol. The zero-order chi connectivity index (χ0) is 12.1. The van der Waals surface area contributed by atoms with Gasteiger partial charge in [-0.15, -0.1) is 0 Å². The molecule has 90 valence electrons. The monoisotopic (exact) mass is 240 g/mol. The predicted octanol–water partition coefficient (Wildman–Crippen LogP) is 3.19. The Morgan fingerprint density at radius 3 is 2.62 bits per heavy atom. The minimum absolute atomic E-state index is 0.00888. The molecule has 0 bridgehead atoms. The summed E-state index contributed by atoms with van der Waals surface area (Å²) >= 11 is 1.92. The Hall–Kier alpha value is -0.770. The number of hydrogen-bond acceptors (Lipinski definition) is 3. The van der Waals surface area contributed by atoms with Gasteiger partial charge in [-0.05, 0) is 26.0 Å². The number of rotatable bonds is 5. The van der Waals surface area contributed by atoms with Crippen molar-refractivity contribution in [3.63, 3.8) is 0 Å². The summed E-state index contributed by atoms with van der Waals surface area (Å²) in [5, 5.41) is 4.26. The molecule has 0 N–H and O–H groups in total. The van der Waals surface area contributed by atoms with Crippen LogP contribution in [0.3, 0.4) is 0 Å². The lowest BCUT2D eigenvalue weighted by Crippen LogP contribution is -2.09. The molecule has 0 aliphatic heterocycles. The standard InChI is InChI=1S/C12H20N2OS/c1-5-6-7-16-8-12-9(2)13-14(10(12)3)11(4)15/h5-8H2,1-4H3. The van der Waals surface area contributed by atoms with Gasteiger partial charge in [-0.2, -0.15) is 16.9 Å². The second-order valence-electron chi connectivity index (χ2n) is 3.99. The topological polar surface area (TPSA) is 34.9 Å². The van der Waals surface area contributed by atoms with Crippen molar-refractivity contribution in [2.24, 2.45) is 0 Å². The molecule has 1 heterocycles. The van der Waals surface area contributed by atoms with Gasteiger partial charge >= 0.3 is 0 Å². The molecule has 3 nitrogen and oxygen atoms in total. The van der Waals surface area contributed by atoms with Gasteiger partial charge in [0.05, 0.1) is 5.69 Å². The van der Waals surface area contributed by atoms with Crippen LogP contribution in [0.2, 0.25) is 0 Å². The molecule has 4 heteroatoms. The molecule has 0 amide bonds. The molecule has 0 fully saturated rings. The van der Waals surface area contributed by atoms with E-state index in [0.29, 0.717) is 0 Å². The summed E-state index contributed by atoms with van der Waals surface area (Å²) < 4.78 is 1.51.